The third-order valence-corrected chi connectivity index (χ3v) is 5.41. The van der Waals surface area contributed by atoms with Crippen LogP contribution in [0.2, 0.25) is 0 Å². The summed E-state index contributed by atoms with van der Waals surface area (Å²) >= 11 is 0. The van der Waals surface area contributed by atoms with Crippen molar-refractivity contribution in [1.82, 2.24) is 10.3 Å². The number of nitrogens with two attached hydrogens (primary N) is 1. The average Bonchev–Trinajstić information content (AvgIpc) is 3.02. The summed E-state index contributed by atoms with van der Waals surface area (Å²) in [5.74, 6) is 6.05. The van der Waals surface area contributed by atoms with Gasteiger partial charge in [0.15, 0.2) is 0 Å². The van der Waals surface area contributed by atoms with Crippen molar-refractivity contribution in [2.45, 2.75) is 65.0 Å². The van der Waals surface area contributed by atoms with E-state index in [1.807, 2.05) is 0 Å². The highest BCUT2D eigenvalue weighted by Gasteiger charge is 2.42. The van der Waals surface area contributed by atoms with Gasteiger partial charge in [-0.3, -0.25) is 16.2 Å². The Bertz CT molecular complexity index is 460. The van der Waals surface area contributed by atoms with Gasteiger partial charge in [0.2, 0.25) is 0 Å². The second-order valence-corrected chi connectivity index (χ2v) is 6.46. The van der Waals surface area contributed by atoms with E-state index in [0.29, 0.717) is 0 Å². The molecule has 1 aromatic carbocycles. The SMILES string of the molecule is CCC(CC)(C(NN)c1cc(C)ccc1C)N1CCCC1. The molecule has 1 aliphatic rings. The van der Waals surface area contributed by atoms with E-state index in [1.165, 1.54) is 42.6 Å². The number of hydrogen-bond acceptors (Lipinski definition) is 3. The molecule has 3 N–H and O–H groups in total. The number of benzene rings is 1. The normalized spacial score (nSPS) is 18.1. The fraction of sp³-hybridized carbons (Fsp3) is 0.667. The van der Waals surface area contributed by atoms with Crippen LogP contribution in [0.15, 0.2) is 18.2 Å². The van der Waals surface area contributed by atoms with Crippen molar-refractivity contribution in [2.75, 3.05) is 13.1 Å². The molecule has 1 saturated heterocycles. The molecule has 2 rings (SSSR count). The van der Waals surface area contributed by atoms with Gasteiger partial charge in [-0.1, -0.05) is 37.6 Å². The van der Waals surface area contributed by atoms with Crippen molar-refractivity contribution in [2.24, 2.45) is 5.84 Å². The van der Waals surface area contributed by atoms with E-state index < -0.39 is 0 Å². The van der Waals surface area contributed by atoms with Crippen molar-refractivity contribution in [1.29, 1.82) is 0 Å². The van der Waals surface area contributed by atoms with E-state index in [0.717, 1.165) is 12.8 Å². The topological polar surface area (TPSA) is 41.3 Å². The smallest absolute Gasteiger partial charge is 0.0646 e. The van der Waals surface area contributed by atoms with Gasteiger partial charge in [-0.05, 0) is 63.7 Å². The summed E-state index contributed by atoms with van der Waals surface area (Å²) in [5.41, 5.74) is 7.27. The minimum atomic E-state index is 0.115. The average molecular weight is 289 g/mol. The van der Waals surface area contributed by atoms with E-state index >= 15 is 0 Å². The zero-order chi connectivity index (χ0) is 15.5. The molecular weight excluding hydrogens is 258 g/mol. The second-order valence-electron chi connectivity index (χ2n) is 6.46. The molecule has 0 aromatic heterocycles. The van der Waals surface area contributed by atoms with Gasteiger partial charge in [0, 0.05) is 5.54 Å². The lowest BCUT2D eigenvalue weighted by Crippen LogP contribution is -2.56. The van der Waals surface area contributed by atoms with Crippen molar-refractivity contribution in [3.63, 3.8) is 0 Å². The predicted molar refractivity (Wildman–Crippen MR) is 90.1 cm³/mol. The molecule has 1 aliphatic heterocycles. The van der Waals surface area contributed by atoms with E-state index in [9.17, 15) is 0 Å². The van der Waals surface area contributed by atoms with Gasteiger partial charge in [0.1, 0.15) is 0 Å². The number of rotatable bonds is 6. The number of hydrogen-bond donors (Lipinski definition) is 2. The van der Waals surface area contributed by atoms with Crippen LogP contribution in [-0.4, -0.2) is 23.5 Å². The molecule has 0 bridgehead atoms. The Hall–Kier alpha value is -0.900. The van der Waals surface area contributed by atoms with Gasteiger partial charge >= 0.3 is 0 Å². The summed E-state index contributed by atoms with van der Waals surface area (Å²) in [4.78, 5) is 2.67. The van der Waals surface area contributed by atoms with Gasteiger partial charge in [-0.2, -0.15) is 0 Å². The lowest BCUT2D eigenvalue weighted by molar-refractivity contribution is 0.0614. The number of nitrogens with one attached hydrogen (secondary N) is 1. The van der Waals surface area contributed by atoms with Crippen LogP contribution in [0.1, 0.15) is 62.3 Å². The van der Waals surface area contributed by atoms with Crippen molar-refractivity contribution < 1.29 is 0 Å². The zero-order valence-corrected chi connectivity index (χ0v) is 14.1. The molecule has 118 valence electrons. The molecular formula is C18H31N3. The molecule has 0 radical (unpaired) electrons. The standard InChI is InChI=1S/C18H31N3/c1-5-18(6-2,21-11-7-8-12-21)17(20-19)16-13-14(3)9-10-15(16)4/h9-10,13,17,20H,5-8,11-12,19H2,1-4H3. The maximum Gasteiger partial charge on any atom is 0.0646 e. The molecule has 21 heavy (non-hydrogen) atoms. The minimum absolute atomic E-state index is 0.115. The maximum absolute atomic E-state index is 6.05. The lowest BCUT2D eigenvalue weighted by atomic mass is 9.78. The molecule has 0 amide bonds. The molecule has 1 fully saturated rings. The largest absolute Gasteiger partial charge is 0.296 e. The molecule has 0 spiro atoms. The molecule has 1 aromatic rings. The Morgan fingerprint density at radius 3 is 2.33 bits per heavy atom. The lowest BCUT2D eigenvalue weighted by Gasteiger charge is -2.47. The van der Waals surface area contributed by atoms with E-state index in [-0.39, 0.29) is 11.6 Å². The van der Waals surface area contributed by atoms with Crippen molar-refractivity contribution >= 4 is 0 Å². The second kappa shape index (κ2) is 6.91. The maximum atomic E-state index is 6.05. The Morgan fingerprint density at radius 1 is 1.19 bits per heavy atom. The number of nitrogens with zero attached hydrogens (tertiary/aromatic N) is 1. The summed E-state index contributed by atoms with van der Waals surface area (Å²) in [7, 11) is 0. The minimum Gasteiger partial charge on any atom is -0.296 e. The fourth-order valence-corrected chi connectivity index (χ4v) is 4.06. The zero-order valence-electron chi connectivity index (χ0n) is 14.1. The molecule has 3 nitrogen and oxygen atoms in total. The quantitative estimate of drug-likeness (QED) is 0.622. The Kier molecular flexibility index (Phi) is 5.42. The summed E-state index contributed by atoms with van der Waals surface area (Å²) < 4.78 is 0. The molecule has 1 heterocycles. The highest BCUT2D eigenvalue weighted by molar-refractivity contribution is 5.35. The Balaban J connectivity index is 2.46. The van der Waals surface area contributed by atoms with Gasteiger partial charge in [-0.15, -0.1) is 0 Å². The van der Waals surface area contributed by atoms with Crippen LogP contribution in [0.3, 0.4) is 0 Å². The first-order chi connectivity index (χ1) is 10.1. The van der Waals surface area contributed by atoms with Crippen LogP contribution in [-0.2, 0) is 0 Å². The van der Waals surface area contributed by atoms with Gasteiger partial charge in [-0.25, -0.2) is 0 Å². The number of hydrazine groups is 1. The third-order valence-electron chi connectivity index (χ3n) is 5.41. The molecule has 1 atom stereocenters. The van der Waals surface area contributed by atoms with E-state index in [4.69, 9.17) is 5.84 Å². The fourth-order valence-electron chi connectivity index (χ4n) is 4.06. The Morgan fingerprint density at radius 2 is 1.81 bits per heavy atom. The highest BCUT2D eigenvalue weighted by atomic mass is 15.3. The highest BCUT2D eigenvalue weighted by Crippen LogP contribution is 2.40. The monoisotopic (exact) mass is 289 g/mol. The van der Waals surface area contributed by atoms with Crippen molar-refractivity contribution in [3.8, 4) is 0 Å². The van der Waals surface area contributed by atoms with Crippen molar-refractivity contribution in [3.05, 3.63) is 34.9 Å². The summed E-state index contributed by atoms with van der Waals surface area (Å²) in [5, 5.41) is 0. The Labute approximate surface area is 129 Å². The van der Waals surface area contributed by atoms with Crippen LogP contribution in [0, 0.1) is 13.8 Å². The summed E-state index contributed by atoms with van der Waals surface area (Å²) in [6.45, 7) is 11.4. The molecule has 0 saturated carbocycles. The van der Waals surface area contributed by atoms with Crippen LogP contribution >= 0.6 is 0 Å². The van der Waals surface area contributed by atoms with Gasteiger partial charge in [0.05, 0.1) is 6.04 Å². The van der Waals surface area contributed by atoms with Crippen LogP contribution < -0.4 is 11.3 Å². The molecule has 0 aliphatic carbocycles. The summed E-state index contributed by atoms with van der Waals surface area (Å²) in [6.07, 6.45) is 4.86. The third kappa shape index (κ3) is 3.01. The van der Waals surface area contributed by atoms with Crippen LogP contribution in [0.5, 0.6) is 0 Å². The molecule has 3 heteroatoms. The van der Waals surface area contributed by atoms with Gasteiger partial charge < -0.3 is 0 Å². The van der Waals surface area contributed by atoms with E-state index in [1.54, 1.807) is 0 Å². The van der Waals surface area contributed by atoms with E-state index in [2.05, 4.69) is 56.2 Å². The predicted octanol–water partition coefficient (Wildman–Crippen LogP) is 3.46. The summed E-state index contributed by atoms with van der Waals surface area (Å²) in [6, 6.07) is 6.89. The first-order valence-electron chi connectivity index (χ1n) is 8.37. The van der Waals surface area contributed by atoms with Crippen LogP contribution in [0.25, 0.3) is 0 Å². The van der Waals surface area contributed by atoms with Gasteiger partial charge in [0.25, 0.3) is 0 Å². The number of likely N-dealkylation sites (tertiary alicyclic amines) is 1. The number of aryl methyl sites for hydroxylation is 2. The first-order valence-corrected chi connectivity index (χ1v) is 8.37. The van der Waals surface area contributed by atoms with Crippen LogP contribution in [0.4, 0.5) is 0 Å². The molecule has 1 unspecified atom stereocenters. The first kappa shape index (κ1) is 16.5.